The molecule has 1 saturated heterocycles. The van der Waals surface area contributed by atoms with Gasteiger partial charge >= 0.3 is 12.4 Å². The largest absolute Gasteiger partial charge is 0.419 e. The Hall–Kier alpha value is -3.79. The van der Waals surface area contributed by atoms with Gasteiger partial charge in [-0.1, -0.05) is 17.2 Å². The lowest BCUT2D eigenvalue weighted by Gasteiger charge is -2.29. The maximum atomic E-state index is 13.8. The molecule has 0 atom stereocenters. The molecule has 0 unspecified atom stereocenters. The van der Waals surface area contributed by atoms with Crippen molar-refractivity contribution >= 4 is 28.0 Å². The molecular formula is C28H27F8N5O3S. The quantitative estimate of drug-likeness (QED) is 0.0665. The number of nitrogens with zero attached hydrogens (tertiary/aromatic N) is 5. The summed E-state index contributed by atoms with van der Waals surface area (Å²) in [5, 5.41) is 3.41. The van der Waals surface area contributed by atoms with Crippen LogP contribution in [0.3, 0.4) is 0 Å². The van der Waals surface area contributed by atoms with Gasteiger partial charge in [0.15, 0.2) is 5.78 Å². The first kappa shape index (κ1) is 35.7. The van der Waals surface area contributed by atoms with Crippen LogP contribution in [0.2, 0.25) is 0 Å². The van der Waals surface area contributed by atoms with Crippen molar-refractivity contribution in [3.8, 4) is 0 Å². The van der Waals surface area contributed by atoms with Crippen molar-refractivity contribution < 1.29 is 48.3 Å². The van der Waals surface area contributed by atoms with E-state index < -0.39 is 69.8 Å². The summed E-state index contributed by atoms with van der Waals surface area (Å²) in [5.74, 6) is -4.41. The Balaban J connectivity index is 1.97. The second-order valence-corrected chi connectivity index (χ2v) is 12.3. The highest BCUT2D eigenvalue weighted by atomic mass is 32.2. The standard InChI is InChI=1S/C28H27F8N5O3S/c1-40(9-2-8-38-39-37)10-3-11-45(43,44)41-16-20(12-18-4-6-24(29)22(14-18)27(31,32)33)26(42)21(17-41)13-19-5-7-25(30)23(15-19)28(34,35)36/h4-7,12-15H,2-3,8-11,16-17H2,1H3/b20-12+,21-13+. The number of hydrogen-bond donors (Lipinski definition) is 0. The minimum atomic E-state index is -5.07. The van der Waals surface area contributed by atoms with Crippen LogP contribution in [0.5, 0.6) is 0 Å². The highest BCUT2D eigenvalue weighted by Gasteiger charge is 2.37. The summed E-state index contributed by atoms with van der Waals surface area (Å²) in [4.78, 5) is 17.8. The zero-order valence-electron chi connectivity index (χ0n) is 23.7. The van der Waals surface area contributed by atoms with E-state index in [0.717, 1.165) is 28.6 Å². The van der Waals surface area contributed by atoms with Gasteiger partial charge in [0.05, 0.1) is 16.9 Å². The Morgan fingerprint density at radius 3 is 1.80 bits per heavy atom. The number of halogens is 8. The normalized spacial score (nSPS) is 16.9. The highest BCUT2D eigenvalue weighted by Crippen LogP contribution is 2.34. The molecule has 45 heavy (non-hydrogen) atoms. The molecule has 1 fully saturated rings. The molecule has 0 bridgehead atoms. The molecule has 3 rings (SSSR count). The lowest BCUT2D eigenvalue weighted by molar-refractivity contribution is -0.140. The van der Waals surface area contributed by atoms with E-state index in [1.165, 1.54) is 0 Å². The first-order valence-corrected chi connectivity index (χ1v) is 14.9. The molecule has 0 saturated carbocycles. The number of carbonyl (C=O) groups is 1. The topological polar surface area (TPSA) is 106 Å². The molecule has 0 spiro atoms. The molecule has 0 amide bonds. The van der Waals surface area contributed by atoms with Gasteiger partial charge in [0.1, 0.15) is 11.6 Å². The fourth-order valence-electron chi connectivity index (χ4n) is 4.52. The molecule has 17 heteroatoms. The van der Waals surface area contributed by atoms with Crippen LogP contribution in [0, 0.1) is 11.6 Å². The number of azide groups is 1. The van der Waals surface area contributed by atoms with Crippen LogP contribution >= 0.6 is 0 Å². The smallest absolute Gasteiger partial charge is 0.306 e. The van der Waals surface area contributed by atoms with E-state index in [1.54, 1.807) is 11.9 Å². The number of rotatable bonds is 11. The molecule has 0 radical (unpaired) electrons. The third-order valence-electron chi connectivity index (χ3n) is 6.75. The monoisotopic (exact) mass is 665 g/mol. The van der Waals surface area contributed by atoms with E-state index in [1.807, 2.05) is 0 Å². The van der Waals surface area contributed by atoms with Crippen LogP contribution in [0.25, 0.3) is 22.6 Å². The van der Waals surface area contributed by atoms with E-state index in [-0.39, 0.29) is 35.2 Å². The van der Waals surface area contributed by atoms with Crippen molar-refractivity contribution in [1.82, 2.24) is 9.21 Å². The Morgan fingerprint density at radius 1 is 0.889 bits per heavy atom. The number of sulfonamides is 1. The van der Waals surface area contributed by atoms with Gasteiger partial charge in [-0.3, -0.25) is 4.79 Å². The highest BCUT2D eigenvalue weighted by molar-refractivity contribution is 7.89. The minimum absolute atomic E-state index is 0.128. The van der Waals surface area contributed by atoms with Crippen LogP contribution < -0.4 is 0 Å². The summed E-state index contributed by atoms with van der Waals surface area (Å²) >= 11 is 0. The van der Waals surface area contributed by atoms with Crippen LogP contribution in [0.15, 0.2) is 52.7 Å². The number of benzene rings is 2. The molecule has 1 aliphatic rings. The molecule has 8 nitrogen and oxygen atoms in total. The number of Topliss-reactive ketones (excluding diaryl/α,β-unsaturated/α-hetero) is 1. The van der Waals surface area contributed by atoms with Crippen molar-refractivity contribution in [1.29, 1.82) is 0 Å². The molecule has 2 aromatic carbocycles. The molecule has 1 heterocycles. The Kier molecular flexibility index (Phi) is 11.5. The molecule has 1 aliphatic heterocycles. The Bertz CT molecular complexity index is 1550. The van der Waals surface area contributed by atoms with Gasteiger partial charge in [-0.2, -0.15) is 30.6 Å². The van der Waals surface area contributed by atoms with Gasteiger partial charge in [0.2, 0.25) is 10.0 Å². The summed E-state index contributed by atoms with van der Waals surface area (Å²) in [7, 11) is -2.41. The molecule has 0 N–H and O–H groups in total. The zero-order chi connectivity index (χ0) is 33.6. The fourth-order valence-corrected chi connectivity index (χ4v) is 5.94. The van der Waals surface area contributed by atoms with Gasteiger partial charge in [-0.25, -0.2) is 17.2 Å². The fraction of sp³-hybridized carbons (Fsp3) is 0.393. The van der Waals surface area contributed by atoms with Crippen molar-refractivity contribution in [3.63, 3.8) is 0 Å². The molecule has 0 aromatic heterocycles. The van der Waals surface area contributed by atoms with Crippen LogP contribution in [0.4, 0.5) is 35.1 Å². The number of carbonyl (C=O) groups excluding carboxylic acids is 1. The van der Waals surface area contributed by atoms with Crippen molar-refractivity contribution in [3.05, 3.63) is 91.9 Å². The van der Waals surface area contributed by atoms with Crippen LogP contribution in [0.1, 0.15) is 35.1 Å². The Labute approximate surface area is 253 Å². The summed E-state index contributed by atoms with van der Waals surface area (Å²) < 4.78 is 135. The van der Waals surface area contributed by atoms with Crippen molar-refractivity contribution in [2.24, 2.45) is 5.11 Å². The number of alkyl halides is 6. The van der Waals surface area contributed by atoms with Gasteiger partial charge in [-0.15, -0.1) is 0 Å². The molecule has 244 valence electrons. The SMILES string of the molecule is CN(CCCN=[N+]=[N-])CCCS(=O)(=O)N1C/C(=C\c2ccc(F)c(C(F)(F)F)c2)C(=O)/C(=C/c2ccc(F)c(C(F)(F)F)c2)C1. The first-order chi connectivity index (χ1) is 20.9. The first-order valence-electron chi connectivity index (χ1n) is 13.3. The van der Waals surface area contributed by atoms with E-state index in [2.05, 4.69) is 10.0 Å². The molecule has 2 aromatic rings. The van der Waals surface area contributed by atoms with Gasteiger partial charge < -0.3 is 4.90 Å². The zero-order valence-corrected chi connectivity index (χ0v) is 24.5. The predicted molar refractivity (Wildman–Crippen MR) is 150 cm³/mol. The van der Waals surface area contributed by atoms with E-state index in [0.29, 0.717) is 43.8 Å². The number of ketones is 1. The van der Waals surface area contributed by atoms with Gasteiger partial charge in [0, 0.05) is 35.7 Å². The summed E-state index contributed by atoms with van der Waals surface area (Å²) in [6.07, 6.45) is -7.56. The number of hydrogen-bond acceptors (Lipinski definition) is 5. The van der Waals surface area contributed by atoms with Gasteiger partial charge in [0.25, 0.3) is 0 Å². The van der Waals surface area contributed by atoms with E-state index in [9.17, 15) is 48.3 Å². The average molecular weight is 666 g/mol. The second kappa shape index (κ2) is 14.5. The average Bonchev–Trinajstić information content (AvgIpc) is 2.93. The maximum Gasteiger partial charge on any atom is 0.419 e. The van der Waals surface area contributed by atoms with Crippen LogP contribution in [-0.4, -0.2) is 68.9 Å². The molecular weight excluding hydrogens is 638 g/mol. The summed E-state index contributed by atoms with van der Waals surface area (Å²) in [5.41, 5.74) is 3.94. The van der Waals surface area contributed by atoms with Crippen LogP contribution in [-0.2, 0) is 27.2 Å². The Morgan fingerprint density at radius 2 is 1.36 bits per heavy atom. The lowest BCUT2D eigenvalue weighted by Crippen LogP contribution is -2.43. The maximum absolute atomic E-state index is 13.8. The third kappa shape index (κ3) is 9.85. The van der Waals surface area contributed by atoms with E-state index >= 15 is 0 Å². The summed E-state index contributed by atoms with van der Waals surface area (Å²) in [6, 6.07) is 3.87. The van der Waals surface area contributed by atoms with E-state index in [4.69, 9.17) is 5.53 Å². The predicted octanol–water partition coefficient (Wildman–Crippen LogP) is 6.71. The van der Waals surface area contributed by atoms with Crippen molar-refractivity contribution in [2.75, 3.05) is 45.5 Å². The third-order valence-corrected chi connectivity index (χ3v) is 8.60. The minimum Gasteiger partial charge on any atom is -0.306 e. The second-order valence-electron chi connectivity index (χ2n) is 10.2. The van der Waals surface area contributed by atoms with Crippen molar-refractivity contribution in [2.45, 2.75) is 25.2 Å². The number of piperidine rings is 1. The summed E-state index contributed by atoms with van der Waals surface area (Å²) in [6.45, 7) is -0.0688. The van der Waals surface area contributed by atoms with Gasteiger partial charge in [-0.05, 0) is 86.1 Å². The lowest BCUT2D eigenvalue weighted by atomic mass is 9.95. The molecule has 0 aliphatic carbocycles.